The normalized spacial score (nSPS) is 9.75. The quantitative estimate of drug-likeness (QED) is 0.177. The lowest BCUT2D eigenvalue weighted by Gasteiger charge is -2.11. The van der Waals surface area contributed by atoms with Crippen LogP contribution in [0.4, 0.5) is 17.6 Å². The first kappa shape index (κ1) is 32.3. The second-order valence-corrected chi connectivity index (χ2v) is 8.30. The Hall–Kier alpha value is -3.90. The van der Waals surface area contributed by atoms with Crippen molar-refractivity contribution in [2.24, 2.45) is 0 Å². The van der Waals surface area contributed by atoms with Gasteiger partial charge in [0.2, 0.25) is 5.82 Å². The second-order valence-electron chi connectivity index (χ2n) is 7.44. The van der Waals surface area contributed by atoms with E-state index in [4.69, 9.17) is 19.2 Å². The molecule has 6 nitrogen and oxygen atoms in total. The molecule has 0 aliphatic rings. The van der Waals surface area contributed by atoms with E-state index >= 15 is 0 Å². The second kappa shape index (κ2) is 16.3. The van der Waals surface area contributed by atoms with Crippen LogP contribution < -0.4 is 23.6 Å². The van der Waals surface area contributed by atoms with Gasteiger partial charge in [0, 0.05) is 11.1 Å². The Morgan fingerprint density at radius 3 is 1.62 bits per heavy atom. The fraction of sp³-hybridized carbons (Fsp3) is 0.143. The van der Waals surface area contributed by atoms with Crippen LogP contribution in [0.3, 0.4) is 0 Å². The fourth-order valence-electron chi connectivity index (χ4n) is 3.20. The highest BCUT2D eigenvalue weighted by molar-refractivity contribution is 9.10. The lowest BCUT2D eigenvalue weighted by Crippen LogP contribution is -2.02. The Kier molecular flexibility index (Phi) is 13.1. The monoisotopic (exact) mass is 623 g/mol. The van der Waals surface area contributed by atoms with Crippen molar-refractivity contribution in [3.63, 3.8) is 0 Å². The van der Waals surface area contributed by atoms with Gasteiger partial charge in [-0.2, -0.15) is 4.39 Å². The molecular formula is C28H25BBrF4O6. The number of ether oxygens (including phenoxy) is 4. The van der Waals surface area contributed by atoms with Crippen molar-refractivity contribution in [3.8, 4) is 39.9 Å². The minimum absolute atomic E-state index is 0.0724. The summed E-state index contributed by atoms with van der Waals surface area (Å²) in [6.07, 6.45) is 0. The summed E-state index contributed by atoms with van der Waals surface area (Å²) in [7, 11) is 6.14. The molecule has 0 atom stereocenters. The standard InChI is InChI=1S/C14H12F2O2.C7H7BFO3.C7H6BrFO/c1-17-12-7-6-9(15)8-11(12)10-4-3-5-13(18-2)14(10)16;1-11-5-3-2-4-6(7(5)9)12-8-10;1-10-7-3-2-5(9)4-6(7)8/h3-8H,1-2H3;2-4,10H,1H3;2-4H,1H3. The van der Waals surface area contributed by atoms with Crippen LogP contribution in [0.1, 0.15) is 0 Å². The highest BCUT2D eigenvalue weighted by Crippen LogP contribution is 2.35. The Bertz CT molecular complexity index is 1390. The lowest BCUT2D eigenvalue weighted by atomic mass is 10.0. The highest BCUT2D eigenvalue weighted by Gasteiger charge is 2.15. The number of halogens is 5. The van der Waals surface area contributed by atoms with Crippen molar-refractivity contribution in [2.75, 3.05) is 28.4 Å². The van der Waals surface area contributed by atoms with Gasteiger partial charge in [0.25, 0.3) is 0 Å². The molecule has 0 saturated carbocycles. The molecule has 0 amide bonds. The van der Waals surface area contributed by atoms with Crippen molar-refractivity contribution in [1.82, 2.24) is 0 Å². The van der Waals surface area contributed by atoms with Gasteiger partial charge < -0.3 is 28.6 Å². The predicted molar refractivity (Wildman–Crippen MR) is 147 cm³/mol. The van der Waals surface area contributed by atoms with Gasteiger partial charge in [0.1, 0.15) is 28.9 Å². The minimum Gasteiger partial charge on any atom is -0.535 e. The number of hydrogen-bond donors (Lipinski definition) is 1. The summed E-state index contributed by atoms with van der Waals surface area (Å²) in [6.45, 7) is 0. The number of hydrogen-bond acceptors (Lipinski definition) is 6. The van der Waals surface area contributed by atoms with Crippen LogP contribution in [0.15, 0.2) is 77.3 Å². The summed E-state index contributed by atoms with van der Waals surface area (Å²) < 4.78 is 77.5. The third-order valence-corrected chi connectivity index (χ3v) is 5.70. The van der Waals surface area contributed by atoms with Crippen molar-refractivity contribution in [2.45, 2.75) is 0 Å². The first-order valence-electron chi connectivity index (χ1n) is 11.3. The molecule has 1 N–H and O–H groups in total. The summed E-state index contributed by atoms with van der Waals surface area (Å²) in [5.74, 6) is -0.732. The summed E-state index contributed by atoms with van der Waals surface area (Å²) in [5, 5.41) is 8.25. The topological polar surface area (TPSA) is 66.4 Å². The van der Waals surface area contributed by atoms with Crippen LogP contribution in [-0.2, 0) is 0 Å². The van der Waals surface area contributed by atoms with Crippen LogP contribution >= 0.6 is 15.9 Å². The average Bonchev–Trinajstić information content (AvgIpc) is 2.95. The van der Waals surface area contributed by atoms with E-state index in [-0.39, 0.29) is 28.6 Å². The molecule has 0 saturated heterocycles. The van der Waals surface area contributed by atoms with E-state index in [1.54, 1.807) is 24.3 Å². The van der Waals surface area contributed by atoms with Crippen LogP contribution in [0.25, 0.3) is 11.1 Å². The zero-order valence-electron chi connectivity index (χ0n) is 21.9. The molecule has 0 unspecified atom stereocenters. The van der Waals surface area contributed by atoms with Gasteiger partial charge in [-0.1, -0.05) is 18.2 Å². The van der Waals surface area contributed by atoms with Crippen molar-refractivity contribution in [3.05, 3.63) is 101 Å². The highest BCUT2D eigenvalue weighted by atomic mass is 79.9. The Labute approximate surface area is 238 Å². The van der Waals surface area contributed by atoms with Gasteiger partial charge in [0.15, 0.2) is 17.3 Å². The molecule has 0 bridgehead atoms. The van der Waals surface area contributed by atoms with Crippen molar-refractivity contribution in [1.29, 1.82) is 0 Å². The van der Waals surface area contributed by atoms with Gasteiger partial charge >= 0.3 is 7.69 Å². The summed E-state index contributed by atoms with van der Waals surface area (Å²) in [6, 6.07) is 17.3. The van der Waals surface area contributed by atoms with Crippen molar-refractivity contribution < 1.29 is 46.2 Å². The van der Waals surface area contributed by atoms with E-state index in [2.05, 4.69) is 25.3 Å². The Morgan fingerprint density at radius 1 is 0.575 bits per heavy atom. The smallest absolute Gasteiger partial charge is 0.535 e. The van der Waals surface area contributed by atoms with E-state index in [0.29, 0.717) is 29.2 Å². The zero-order valence-corrected chi connectivity index (χ0v) is 23.5. The van der Waals surface area contributed by atoms with Crippen LogP contribution in [0.5, 0.6) is 28.7 Å². The van der Waals surface area contributed by atoms with Crippen LogP contribution in [-0.4, -0.2) is 41.1 Å². The van der Waals surface area contributed by atoms with E-state index in [1.807, 2.05) is 0 Å². The van der Waals surface area contributed by atoms with E-state index < -0.39 is 17.5 Å². The number of methoxy groups -OCH3 is 4. The summed E-state index contributed by atoms with van der Waals surface area (Å²) >= 11 is 3.14. The first-order chi connectivity index (χ1) is 19.2. The molecule has 4 rings (SSSR count). The summed E-state index contributed by atoms with van der Waals surface area (Å²) in [5.41, 5.74) is 0.597. The molecule has 1 radical (unpaired) electrons. The molecule has 0 fully saturated rings. The van der Waals surface area contributed by atoms with E-state index in [1.165, 1.54) is 77.0 Å². The third-order valence-electron chi connectivity index (χ3n) is 5.08. The van der Waals surface area contributed by atoms with Gasteiger partial charge in [-0.3, -0.25) is 0 Å². The fourth-order valence-corrected chi connectivity index (χ4v) is 3.72. The molecule has 40 heavy (non-hydrogen) atoms. The molecule has 0 aliphatic heterocycles. The average molecular weight is 624 g/mol. The lowest BCUT2D eigenvalue weighted by molar-refractivity contribution is 0.370. The van der Waals surface area contributed by atoms with Crippen molar-refractivity contribution >= 4 is 23.6 Å². The Morgan fingerprint density at radius 2 is 1.07 bits per heavy atom. The number of rotatable bonds is 7. The van der Waals surface area contributed by atoms with E-state index in [0.717, 1.165) is 0 Å². The maximum Gasteiger partial charge on any atom is 0.569 e. The maximum absolute atomic E-state index is 14.1. The molecule has 0 spiro atoms. The third kappa shape index (κ3) is 8.82. The van der Waals surface area contributed by atoms with Crippen LogP contribution in [0.2, 0.25) is 0 Å². The Balaban J connectivity index is 0.000000222. The molecule has 211 valence electrons. The first-order valence-corrected chi connectivity index (χ1v) is 12.1. The molecule has 0 aliphatic carbocycles. The molecule has 0 heterocycles. The molecular weight excluding hydrogens is 599 g/mol. The summed E-state index contributed by atoms with van der Waals surface area (Å²) in [4.78, 5) is 0. The molecule has 4 aromatic rings. The number of benzene rings is 4. The maximum atomic E-state index is 14.1. The van der Waals surface area contributed by atoms with Gasteiger partial charge in [0.05, 0.1) is 32.9 Å². The van der Waals surface area contributed by atoms with Gasteiger partial charge in [-0.25, -0.2) is 13.2 Å². The predicted octanol–water partition coefficient (Wildman–Crippen LogP) is 6.99. The largest absolute Gasteiger partial charge is 0.569 e. The van der Waals surface area contributed by atoms with Gasteiger partial charge in [-0.05, 0) is 70.5 Å². The van der Waals surface area contributed by atoms with Crippen LogP contribution in [0, 0.1) is 23.3 Å². The minimum atomic E-state index is -0.634. The molecule has 4 aromatic carbocycles. The SMILES string of the molecule is COc1ccc(F)cc1-c1cccc(OC)c1F.COc1ccc(F)cc1Br.COc1cccc(O[B]O)c1F. The molecule has 12 heteroatoms. The molecule has 0 aromatic heterocycles. The van der Waals surface area contributed by atoms with E-state index in [9.17, 15) is 17.6 Å². The zero-order chi connectivity index (χ0) is 29.7. The van der Waals surface area contributed by atoms with Gasteiger partial charge in [-0.15, -0.1) is 0 Å².